The molecular weight excluding hydrogens is 203 g/mol. The molecule has 4 heteroatoms. The molecule has 0 saturated heterocycles. The van der Waals surface area contributed by atoms with Crippen molar-refractivity contribution >= 4 is 5.69 Å². The molecule has 15 heavy (non-hydrogen) atoms. The van der Waals surface area contributed by atoms with Crippen LogP contribution in [-0.4, -0.2) is 6.04 Å². The molecule has 0 bridgehead atoms. The Balaban J connectivity index is 2.57. The van der Waals surface area contributed by atoms with Crippen LogP contribution in [0.5, 0.6) is 0 Å². The third-order valence-corrected chi connectivity index (χ3v) is 3.00. The highest BCUT2D eigenvalue weighted by Crippen LogP contribution is 2.43. The van der Waals surface area contributed by atoms with Crippen molar-refractivity contribution in [1.82, 2.24) is 0 Å². The molecule has 0 aliphatic carbocycles. The van der Waals surface area contributed by atoms with E-state index in [0.717, 1.165) is 6.07 Å². The minimum absolute atomic E-state index is 0.0588. The molecule has 2 unspecified atom stereocenters. The molecule has 1 heterocycles. The fourth-order valence-electron chi connectivity index (χ4n) is 2.05. The maximum Gasteiger partial charge on any atom is 0.416 e. The summed E-state index contributed by atoms with van der Waals surface area (Å²) in [6, 6.07) is 4.35. The van der Waals surface area contributed by atoms with Crippen molar-refractivity contribution in [2.45, 2.75) is 32.0 Å². The number of benzene rings is 1. The van der Waals surface area contributed by atoms with Gasteiger partial charge in [0, 0.05) is 17.6 Å². The molecule has 1 aliphatic heterocycles. The number of halogens is 3. The minimum atomic E-state index is -4.26. The first-order chi connectivity index (χ1) is 6.91. The van der Waals surface area contributed by atoms with Gasteiger partial charge in [-0.3, -0.25) is 0 Å². The van der Waals surface area contributed by atoms with Gasteiger partial charge in [0.05, 0.1) is 5.56 Å². The largest absolute Gasteiger partial charge is 0.416 e. The Morgan fingerprint density at radius 2 is 1.87 bits per heavy atom. The van der Waals surface area contributed by atoms with Crippen molar-refractivity contribution in [3.63, 3.8) is 0 Å². The summed E-state index contributed by atoms with van der Waals surface area (Å²) < 4.78 is 38.1. The van der Waals surface area contributed by atoms with Crippen molar-refractivity contribution in [3.05, 3.63) is 29.3 Å². The van der Waals surface area contributed by atoms with Gasteiger partial charge in [-0.05, 0) is 24.6 Å². The van der Waals surface area contributed by atoms with Gasteiger partial charge in [-0.15, -0.1) is 0 Å². The van der Waals surface area contributed by atoms with Crippen LogP contribution in [0, 0.1) is 0 Å². The van der Waals surface area contributed by atoms with Crippen molar-refractivity contribution < 1.29 is 13.2 Å². The lowest BCUT2D eigenvalue weighted by molar-refractivity contribution is -0.138. The summed E-state index contributed by atoms with van der Waals surface area (Å²) in [7, 11) is 0. The highest BCUT2D eigenvalue weighted by Gasteiger charge is 2.38. The molecule has 0 fully saturated rings. The van der Waals surface area contributed by atoms with Crippen molar-refractivity contribution in [2.75, 3.05) is 5.32 Å². The molecule has 1 aromatic carbocycles. The predicted octanol–water partition coefficient (Wildman–Crippen LogP) is 3.62. The second-order valence-electron chi connectivity index (χ2n) is 3.99. The summed E-state index contributed by atoms with van der Waals surface area (Å²) in [5.74, 6) is -0.0992. The van der Waals surface area contributed by atoms with Crippen LogP contribution in [-0.2, 0) is 6.18 Å². The van der Waals surface area contributed by atoms with Crippen LogP contribution in [0.15, 0.2) is 18.2 Å². The molecule has 0 saturated carbocycles. The van der Waals surface area contributed by atoms with Gasteiger partial charge >= 0.3 is 6.18 Å². The smallest absolute Gasteiger partial charge is 0.382 e. The number of hydrogen-bond donors (Lipinski definition) is 1. The van der Waals surface area contributed by atoms with Crippen molar-refractivity contribution in [2.24, 2.45) is 0 Å². The Hall–Kier alpha value is -1.19. The zero-order chi connectivity index (χ0) is 11.2. The van der Waals surface area contributed by atoms with Crippen LogP contribution in [0.4, 0.5) is 18.9 Å². The van der Waals surface area contributed by atoms with Crippen molar-refractivity contribution in [3.8, 4) is 0 Å². The van der Waals surface area contributed by atoms with Crippen LogP contribution in [0.25, 0.3) is 0 Å². The lowest BCUT2D eigenvalue weighted by Crippen LogP contribution is -2.14. The standard InChI is InChI=1S/C11H12F3N/c1-6-7(2)15-9-5-3-4-8(10(6)9)11(12,13)14/h3-7,15H,1-2H3. The number of alkyl halides is 3. The molecule has 0 radical (unpaired) electrons. The molecule has 0 aromatic heterocycles. The lowest BCUT2D eigenvalue weighted by atomic mass is 9.93. The summed E-state index contributed by atoms with van der Waals surface area (Å²) in [6.07, 6.45) is -4.26. The van der Waals surface area contributed by atoms with E-state index in [9.17, 15) is 13.2 Å². The number of hydrogen-bond acceptors (Lipinski definition) is 1. The predicted molar refractivity (Wildman–Crippen MR) is 52.9 cm³/mol. The molecule has 2 rings (SSSR count). The van der Waals surface area contributed by atoms with E-state index < -0.39 is 11.7 Å². The molecule has 1 nitrogen and oxygen atoms in total. The van der Waals surface area contributed by atoms with Gasteiger partial charge in [0.2, 0.25) is 0 Å². The summed E-state index contributed by atoms with van der Waals surface area (Å²) in [5.41, 5.74) is 0.506. The van der Waals surface area contributed by atoms with E-state index in [1.807, 2.05) is 13.8 Å². The Morgan fingerprint density at radius 3 is 2.47 bits per heavy atom. The van der Waals surface area contributed by atoms with E-state index >= 15 is 0 Å². The Labute approximate surface area is 86.3 Å². The quantitative estimate of drug-likeness (QED) is 0.696. The monoisotopic (exact) mass is 215 g/mol. The second-order valence-corrected chi connectivity index (χ2v) is 3.99. The fraction of sp³-hybridized carbons (Fsp3) is 0.455. The van der Waals surface area contributed by atoms with E-state index in [1.165, 1.54) is 6.07 Å². The Kier molecular flexibility index (Phi) is 2.17. The van der Waals surface area contributed by atoms with Gasteiger partial charge in [-0.25, -0.2) is 0 Å². The molecule has 0 spiro atoms. The number of anilines is 1. The minimum Gasteiger partial charge on any atom is -0.382 e. The third-order valence-electron chi connectivity index (χ3n) is 3.00. The summed E-state index contributed by atoms with van der Waals surface area (Å²) in [6.45, 7) is 3.71. The first-order valence-corrected chi connectivity index (χ1v) is 4.88. The lowest BCUT2D eigenvalue weighted by Gasteiger charge is -2.14. The number of nitrogens with one attached hydrogen (secondary N) is 1. The second kappa shape index (κ2) is 3.15. The fourth-order valence-corrected chi connectivity index (χ4v) is 2.05. The van der Waals surface area contributed by atoms with Crippen LogP contribution in [0.1, 0.15) is 30.9 Å². The van der Waals surface area contributed by atoms with Crippen LogP contribution in [0.2, 0.25) is 0 Å². The van der Waals surface area contributed by atoms with E-state index in [-0.39, 0.29) is 12.0 Å². The first kappa shape index (κ1) is 10.3. The van der Waals surface area contributed by atoms with E-state index in [2.05, 4.69) is 5.32 Å². The summed E-state index contributed by atoms with van der Waals surface area (Å²) in [4.78, 5) is 0. The summed E-state index contributed by atoms with van der Waals surface area (Å²) >= 11 is 0. The zero-order valence-electron chi connectivity index (χ0n) is 8.52. The molecule has 1 aromatic rings. The SMILES string of the molecule is CC1Nc2cccc(C(F)(F)F)c2C1C. The summed E-state index contributed by atoms with van der Waals surface area (Å²) in [5, 5.41) is 3.06. The molecule has 1 aliphatic rings. The van der Waals surface area contributed by atoms with Gasteiger partial charge in [-0.1, -0.05) is 13.0 Å². The average molecular weight is 215 g/mol. The molecular formula is C11H12F3N. The highest BCUT2D eigenvalue weighted by atomic mass is 19.4. The van der Waals surface area contributed by atoms with Gasteiger partial charge in [0.1, 0.15) is 0 Å². The first-order valence-electron chi connectivity index (χ1n) is 4.88. The van der Waals surface area contributed by atoms with Gasteiger partial charge < -0.3 is 5.32 Å². The van der Waals surface area contributed by atoms with Crippen LogP contribution in [0.3, 0.4) is 0 Å². The van der Waals surface area contributed by atoms with E-state index in [1.54, 1.807) is 6.07 Å². The van der Waals surface area contributed by atoms with Crippen LogP contribution < -0.4 is 5.32 Å². The van der Waals surface area contributed by atoms with E-state index in [4.69, 9.17) is 0 Å². The number of fused-ring (bicyclic) bond motifs is 1. The third kappa shape index (κ3) is 1.58. The van der Waals surface area contributed by atoms with Gasteiger partial charge in [0.15, 0.2) is 0 Å². The van der Waals surface area contributed by atoms with E-state index in [0.29, 0.717) is 11.3 Å². The normalized spacial score (nSPS) is 24.9. The molecule has 82 valence electrons. The molecule has 0 amide bonds. The maximum atomic E-state index is 12.7. The zero-order valence-corrected chi connectivity index (χ0v) is 8.52. The Morgan fingerprint density at radius 1 is 1.20 bits per heavy atom. The Bertz CT molecular complexity index is 384. The number of rotatable bonds is 0. The molecule has 2 atom stereocenters. The topological polar surface area (TPSA) is 12.0 Å². The van der Waals surface area contributed by atoms with Crippen molar-refractivity contribution in [1.29, 1.82) is 0 Å². The van der Waals surface area contributed by atoms with Gasteiger partial charge in [-0.2, -0.15) is 13.2 Å². The highest BCUT2D eigenvalue weighted by molar-refractivity contribution is 5.62. The maximum absolute atomic E-state index is 12.7. The molecule has 1 N–H and O–H groups in total. The average Bonchev–Trinajstić information content (AvgIpc) is 2.41. The van der Waals surface area contributed by atoms with Gasteiger partial charge in [0.25, 0.3) is 0 Å². The van der Waals surface area contributed by atoms with Crippen LogP contribution >= 0.6 is 0 Å².